The maximum atomic E-state index is 13.7. The van der Waals surface area contributed by atoms with E-state index >= 15 is 0 Å². The van der Waals surface area contributed by atoms with Gasteiger partial charge < -0.3 is 33.7 Å². The summed E-state index contributed by atoms with van der Waals surface area (Å²) in [6.07, 6.45) is 2.31. The van der Waals surface area contributed by atoms with E-state index in [2.05, 4.69) is 5.32 Å². The molecule has 1 fully saturated rings. The van der Waals surface area contributed by atoms with Crippen molar-refractivity contribution in [2.24, 2.45) is 0 Å². The van der Waals surface area contributed by atoms with Gasteiger partial charge in [0, 0.05) is 25.4 Å². The molecule has 9 nitrogen and oxygen atoms in total. The number of para-hydroxylation sites is 1. The number of rotatable bonds is 12. The number of ether oxygens (including phenoxy) is 3. The predicted octanol–water partition coefficient (Wildman–Crippen LogP) is 4.89. The van der Waals surface area contributed by atoms with Crippen LogP contribution < -0.4 is 14.8 Å². The van der Waals surface area contributed by atoms with Crippen molar-refractivity contribution in [3.63, 3.8) is 0 Å². The van der Waals surface area contributed by atoms with E-state index in [1.165, 1.54) is 0 Å². The number of amides is 3. The van der Waals surface area contributed by atoms with Gasteiger partial charge in [0.15, 0.2) is 11.5 Å². The largest absolute Gasteiger partial charge is 0.493 e. The summed E-state index contributed by atoms with van der Waals surface area (Å²) in [6, 6.07) is 18.4. The van der Waals surface area contributed by atoms with E-state index in [-0.39, 0.29) is 24.6 Å². The van der Waals surface area contributed by atoms with Gasteiger partial charge in [0.1, 0.15) is 18.1 Å². The molecule has 9 heteroatoms. The van der Waals surface area contributed by atoms with Crippen LogP contribution in [0.1, 0.15) is 29.9 Å². The number of nitrogens with zero attached hydrogens (tertiary/aromatic N) is 2. The van der Waals surface area contributed by atoms with Crippen molar-refractivity contribution in [2.75, 3.05) is 45.8 Å². The number of anilines is 1. The zero-order valence-electron chi connectivity index (χ0n) is 22.9. The molecular weight excluding hydrogens is 498 g/mol. The van der Waals surface area contributed by atoms with Crippen LogP contribution in [0.5, 0.6) is 11.5 Å². The number of hydrogen-bond donors (Lipinski definition) is 1. The number of aryl methyl sites for hydroxylation is 1. The van der Waals surface area contributed by atoms with Crippen LogP contribution in [0.2, 0.25) is 0 Å². The summed E-state index contributed by atoms with van der Waals surface area (Å²) >= 11 is 0. The standard InChI is InChI=1S/C30H37N3O6/c1-22-11-13-26(39-22)20-32(16-15-23-12-14-27(36-2)28(18-23)37-3)29(34)21-33(19-25-10-7-17-38-25)30(35)31-24-8-5-4-6-9-24/h4-6,8-9,11-14,18,25H,7,10,15-17,19-21H2,1-3H3,(H,31,35)/t25-/m1/s1. The molecule has 1 N–H and O–H groups in total. The average molecular weight is 536 g/mol. The van der Waals surface area contributed by atoms with Gasteiger partial charge in [-0.1, -0.05) is 24.3 Å². The maximum absolute atomic E-state index is 13.7. The highest BCUT2D eigenvalue weighted by molar-refractivity contribution is 5.92. The number of methoxy groups -OCH3 is 2. The topological polar surface area (TPSA) is 93.5 Å². The molecule has 208 valence electrons. The van der Waals surface area contributed by atoms with Gasteiger partial charge >= 0.3 is 6.03 Å². The van der Waals surface area contributed by atoms with Crippen LogP contribution >= 0.6 is 0 Å². The van der Waals surface area contributed by atoms with E-state index in [1.807, 2.05) is 67.6 Å². The Morgan fingerprint density at radius 3 is 2.46 bits per heavy atom. The predicted molar refractivity (Wildman–Crippen MR) is 148 cm³/mol. The summed E-state index contributed by atoms with van der Waals surface area (Å²) in [5.41, 5.74) is 1.67. The van der Waals surface area contributed by atoms with Crippen molar-refractivity contribution in [3.8, 4) is 11.5 Å². The van der Waals surface area contributed by atoms with E-state index in [0.29, 0.717) is 55.6 Å². The molecule has 1 atom stereocenters. The van der Waals surface area contributed by atoms with Crippen molar-refractivity contribution >= 4 is 17.6 Å². The molecule has 1 aliphatic heterocycles. The molecule has 0 saturated carbocycles. The van der Waals surface area contributed by atoms with Gasteiger partial charge in [0.25, 0.3) is 0 Å². The van der Waals surface area contributed by atoms with Crippen molar-refractivity contribution in [1.29, 1.82) is 0 Å². The molecule has 0 bridgehead atoms. The number of carbonyl (C=O) groups is 2. The van der Waals surface area contributed by atoms with Gasteiger partial charge in [-0.3, -0.25) is 4.79 Å². The summed E-state index contributed by atoms with van der Waals surface area (Å²) in [6.45, 7) is 3.53. The van der Waals surface area contributed by atoms with E-state index in [4.69, 9.17) is 18.6 Å². The first-order chi connectivity index (χ1) is 18.9. The smallest absolute Gasteiger partial charge is 0.322 e. The van der Waals surface area contributed by atoms with Crippen LogP contribution in [0.4, 0.5) is 10.5 Å². The molecule has 4 rings (SSSR count). The summed E-state index contributed by atoms with van der Waals surface area (Å²) in [4.78, 5) is 30.3. The molecule has 1 aliphatic rings. The SMILES string of the molecule is COc1ccc(CCN(Cc2ccc(C)o2)C(=O)CN(C[C@H]2CCCO2)C(=O)Nc2ccccc2)cc1OC. The number of benzene rings is 2. The molecule has 3 aromatic rings. The molecule has 0 radical (unpaired) electrons. The first kappa shape index (κ1) is 28.0. The Morgan fingerprint density at radius 2 is 1.79 bits per heavy atom. The average Bonchev–Trinajstić information content (AvgIpc) is 3.62. The normalized spacial score (nSPS) is 14.6. The third-order valence-corrected chi connectivity index (χ3v) is 6.70. The first-order valence-electron chi connectivity index (χ1n) is 13.2. The minimum atomic E-state index is -0.335. The highest BCUT2D eigenvalue weighted by Gasteiger charge is 2.27. The fraction of sp³-hybridized carbons (Fsp3) is 0.400. The minimum Gasteiger partial charge on any atom is -0.493 e. The van der Waals surface area contributed by atoms with E-state index in [9.17, 15) is 9.59 Å². The van der Waals surface area contributed by atoms with Crippen LogP contribution in [-0.2, 0) is 22.5 Å². The summed E-state index contributed by atoms with van der Waals surface area (Å²) in [5, 5.41) is 2.91. The zero-order chi connectivity index (χ0) is 27.6. The fourth-order valence-corrected chi connectivity index (χ4v) is 4.59. The second-order valence-electron chi connectivity index (χ2n) is 9.58. The lowest BCUT2D eigenvalue weighted by Gasteiger charge is -2.29. The van der Waals surface area contributed by atoms with Gasteiger partial charge in [-0.25, -0.2) is 4.79 Å². The van der Waals surface area contributed by atoms with E-state index < -0.39 is 0 Å². The van der Waals surface area contributed by atoms with Crippen LogP contribution in [0.25, 0.3) is 0 Å². The minimum absolute atomic E-state index is 0.0792. The van der Waals surface area contributed by atoms with Crippen molar-refractivity contribution < 1.29 is 28.2 Å². The van der Waals surface area contributed by atoms with Crippen LogP contribution in [0, 0.1) is 6.92 Å². The van der Waals surface area contributed by atoms with Crippen molar-refractivity contribution in [3.05, 3.63) is 77.7 Å². The quantitative estimate of drug-likeness (QED) is 0.355. The van der Waals surface area contributed by atoms with Gasteiger partial charge in [0.2, 0.25) is 5.91 Å². The number of nitrogens with one attached hydrogen (secondary N) is 1. The second kappa shape index (κ2) is 13.7. The third kappa shape index (κ3) is 8.00. The molecule has 0 spiro atoms. The number of urea groups is 1. The van der Waals surface area contributed by atoms with Gasteiger partial charge in [-0.2, -0.15) is 0 Å². The van der Waals surface area contributed by atoms with Crippen molar-refractivity contribution in [1.82, 2.24) is 9.80 Å². The Labute approximate surface area is 229 Å². The Hall–Kier alpha value is -3.98. The van der Waals surface area contributed by atoms with Gasteiger partial charge in [-0.05, 0) is 68.1 Å². The molecule has 0 unspecified atom stereocenters. The number of hydrogen-bond acceptors (Lipinski definition) is 6. The molecular formula is C30H37N3O6. The molecule has 1 aromatic heterocycles. The molecule has 2 aromatic carbocycles. The lowest BCUT2D eigenvalue weighted by Crippen LogP contribution is -2.47. The first-order valence-corrected chi connectivity index (χ1v) is 13.2. The molecule has 3 amide bonds. The van der Waals surface area contributed by atoms with E-state index in [0.717, 1.165) is 24.2 Å². The Kier molecular flexibility index (Phi) is 9.85. The lowest BCUT2D eigenvalue weighted by molar-refractivity contribution is -0.132. The summed E-state index contributed by atoms with van der Waals surface area (Å²) in [7, 11) is 3.19. The Balaban J connectivity index is 1.50. The maximum Gasteiger partial charge on any atom is 0.322 e. The number of carbonyl (C=O) groups excluding carboxylic acids is 2. The zero-order valence-corrected chi connectivity index (χ0v) is 22.9. The third-order valence-electron chi connectivity index (χ3n) is 6.70. The van der Waals surface area contributed by atoms with Gasteiger partial charge in [-0.15, -0.1) is 0 Å². The van der Waals surface area contributed by atoms with Crippen LogP contribution in [0.3, 0.4) is 0 Å². The van der Waals surface area contributed by atoms with Gasteiger partial charge in [0.05, 0.1) is 26.9 Å². The second-order valence-corrected chi connectivity index (χ2v) is 9.58. The Bertz CT molecular complexity index is 1220. The summed E-state index contributed by atoms with van der Waals surface area (Å²) < 4.78 is 22.3. The highest BCUT2D eigenvalue weighted by Crippen LogP contribution is 2.28. The Morgan fingerprint density at radius 1 is 1.00 bits per heavy atom. The van der Waals surface area contributed by atoms with Crippen molar-refractivity contribution in [2.45, 2.75) is 38.8 Å². The molecule has 0 aliphatic carbocycles. The van der Waals surface area contributed by atoms with Crippen LogP contribution in [0.15, 0.2) is 65.1 Å². The summed E-state index contributed by atoms with van der Waals surface area (Å²) in [5.74, 6) is 2.57. The number of furan rings is 1. The molecule has 2 heterocycles. The lowest BCUT2D eigenvalue weighted by atomic mass is 10.1. The monoisotopic (exact) mass is 535 g/mol. The fourth-order valence-electron chi connectivity index (χ4n) is 4.59. The molecule has 1 saturated heterocycles. The van der Waals surface area contributed by atoms with Crippen LogP contribution in [-0.4, -0.2) is 68.3 Å². The van der Waals surface area contributed by atoms with E-state index in [1.54, 1.807) is 24.0 Å². The molecule has 39 heavy (non-hydrogen) atoms. The highest BCUT2D eigenvalue weighted by atomic mass is 16.5.